The van der Waals surface area contributed by atoms with Crippen LogP contribution in [0.4, 0.5) is 0 Å². The monoisotopic (exact) mass is 357 g/mol. The van der Waals surface area contributed by atoms with Crippen molar-refractivity contribution in [2.45, 2.75) is 12.2 Å². The van der Waals surface area contributed by atoms with Gasteiger partial charge in [-0.1, -0.05) is 42.5 Å². The van der Waals surface area contributed by atoms with Crippen molar-refractivity contribution in [2.75, 3.05) is 33.5 Å². The average Bonchev–Trinajstić information content (AvgIpc) is 2.72. The summed E-state index contributed by atoms with van der Waals surface area (Å²) in [5.74, 6) is 1.11. The van der Waals surface area contributed by atoms with Gasteiger partial charge in [0.25, 0.3) is 5.91 Å². The van der Waals surface area contributed by atoms with Crippen LogP contribution in [0.15, 0.2) is 54.6 Å². The lowest BCUT2D eigenvalue weighted by molar-refractivity contribution is -0.161. The Hall–Kier alpha value is -2.57. The maximum absolute atomic E-state index is 12.2. The molecule has 1 fully saturated rings. The van der Waals surface area contributed by atoms with Gasteiger partial charge in [-0.2, -0.15) is 0 Å². The maximum Gasteiger partial charge on any atom is 0.251 e. The highest BCUT2D eigenvalue weighted by Crippen LogP contribution is 2.25. The smallest absolute Gasteiger partial charge is 0.251 e. The number of hydrogen-bond donors (Lipinski definition) is 1. The second kappa shape index (κ2) is 9.22. The molecule has 2 atom stereocenters. The molecule has 6 heteroatoms. The molecule has 0 bridgehead atoms. The van der Waals surface area contributed by atoms with Gasteiger partial charge in [0, 0.05) is 0 Å². The number of rotatable bonds is 7. The summed E-state index contributed by atoms with van der Waals surface area (Å²) in [7, 11) is 1.59. The van der Waals surface area contributed by atoms with Gasteiger partial charge in [0.05, 0.1) is 26.9 Å². The van der Waals surface area contributed by atoms with E-state index < -0.39 is 6.10 Å². The van der Waals surface area contributed by atoms with Crippen LogP contribution < -0.4 is 14.8 Å². The molecule has 0 saturated carbocycles. The van der Waals surface area contributed by atoms with Crippen LogP contribution in [0.3, 0.4) is 0 Å². The summed E-state index contributed by atoms with van der Waals surface area (Å²) in [6.45, 7) is 1.31. The highest BCUT2D eigenvalue weighted by molar-refractivity contribution is 5.81. The molecule has 2 aromatic carbocycles. The summed E-state index contributed by atoms with van der Waals surface area (Å²) >= 11 is 0. The Kier molecular flexibility index (Phi) is 6.46. The Morgan fingerprint density at radius 3 is 2.46 bits per heavy atom. The number of para-hydroxylation sites is 2. The van der Waals surface area contributed by atoms with Crippen molar-refractivity contribution in [3.63, 3.8) is 0 Å². The topological polar surface area (TPSA) is 66.0 Å². The Morgan fingerprint density at radius 1 is 1.04 bits per heavy atom. The van der Waals surface area contributed by atoms with Crippen LogP contribution in [0.1, 0.15) is 11.7 Å². The molecule has 138 valence electrons. The lowest BCUT2D eigenvalue weighted by atomic mass is 10.1. The molecule has 0 aromatic heterocycles. The predicted octanol–water partition coefficient (Wildman–Crippen LogP) is 2.35. The minimum Gasteiger partial charge on any atom is -0.493 e. The van der Waals surface area contributed by atoms with Gasteiger partial charge in [-0.25, -0.2) is 0 Å². The molecule has 6 nitrogen and oxygen atoms in total. The van der Waals surface area contributed by atoms with E-state index in [-0.39, 0.29) is 18.6 Å². The first-order valence-corrected chi connectivity index (χ1v) is 8.59. The number of carbonyl (C=O) groups excluding carboxylic acids is 1. The average molecular weight is 357 g/mol. The van der Waals surface area contributed by atoms with Gasteiger partial charge in [-0.05, 0) is 17.7 Å². The minimum atomic E-state index is -0.596. The fraction of sp³-hybridized carbons (Fsp3) is 0.350. The molecule has 0 unspecified atom stereocenters. The standard InChI is InChI=1S/C20H23NO5/c1-23-16-9-5-6-10-17(16)24-12-11-21-20(22)19-14-25-18(13-26-19)15-7-3-2-4-8-15/h2-10,18-19H,11-14H2,1H3,(H,21,22)/t18-,19-/m0/s1. The lowest BCUT2D eigenvalue weighted by Gasteiger charge is -2.29. The molecule has 1 heterocycles. The van der Waals surface area contributed by atoms with E-state index in [1.807, 2.05) is 54.6 Å². The fourth-order valence-electron chi connectivity index (χ4n) is 2.70. The highest BCUT2D eigenvalue weighted by atomic mass is 16.6. The molecule has 0 aliphatic carbocycles. The first kappa shape index (κ1) is 18.2. The third-order valence-electron chi connectivity index (χ3n) is 4.09. The molecule has 1 amide bonds. The van der Waals surface area contributed by atoms with Crippen molar-refractivity contribution in [1.29, 1.82) is 0 Å². The molecule has 0 spiro atoms. The van der Waals surface area contributed by atoms with E-state index in [0.717, 1.165) is 5.56 Å². The molecule has 3 rings (SSSR count). The van der Waals surface area contributed by atoms with Gasteiger partial charge < -0.3 is 24.3 Å². The maximum atomic E-state index is 12.2. The number of ether oxygens (including phenoxy) is 4. The highest BCUT2D eigenvalue weighted by Gasteiger charge is 2.28. The van der Waals surface area contributed by atoms with Gasteiger partial charge in [0.2, 0.25) is 0 Å². The van der Waals surface area contributed by atoms with E-state index in [9.17, 15) is 4.79 Å². The minimum absolute atomic E-state index is 0.130. The van der Waals surface area contributed by atoms with E-state index in [0.29, 0.717) is 31.3 Å². The first-order valence-electron chi connectivity index (χ1n) is 8.59. The zero-order valence-corrected chi connectivity index (χ0v) is 14.7. The van der Waals surface area contributed by atoms with E-state index in [1.165, 1.54) is 0 Å². The summed E-state index contributed by atoms with van der Waals surface area (Å²) in [5.41, 5.74) is 1.05. The van der Waals surface area contributed by atoms with Crippen molar-refractivity contribution in [2.24, 2.45) is 0 Å². The van der Waals surface area contributed by atoms with Crippen LogP contribution in [0.5, 0.6) is 11.5 Å². The number of amides is 1. The Balaban J connectivity index is 1.38. The quantitative estimate of drug-likeness (QED) is 0.771. The third kappa shape index (κ3) is 4.74. The normalized spacial score (nSPS) is 19.6. The molecule has 1 aliphatic heterocycles. The zero-order chi connectivity index (χ0) is 18.2. The predicted molar refractivity (Wildman–Crippen MR) is 96.4 cm³/mol. The van der Waals surface area contributed by atoms with Crippen molar-refractivity contribution < 1.29 is 23.7 Å². The van der Waals surface area contributed by atoms with Crippen LogP contribution >= 0.6 is 0 Å². The van der Waals surface area contributed by atoms with Gasteiger partial charge >= 0.3 is 0 Å². The van der Waals surface area contributed by atoms with E-state index in [1.54, 1.807) is 7.11 Å². The Morgan fingerprint density at radius 2 is 1.77 bits per heavy atom. The zero-order valence-electron chi connectivity index (χ0n) is 14.7. The lowest BCUT2D eigenvalue weighted by Crippen LogP contribution is -2.44. The summed E-state index contributed by atoms with van der Waals surface area (Å²) in [5, 5.41) is 2.80. The molecular weight excluding hydrogens is 334 g/mol. The second-order valence-corrected chi connectivity index (χ2v) is 5.84. The molecule has 1 saturated heterocycles. The Bertz CT molecular complexity index is 698. The van der Waals surface area contributed by atoms with E-state index >= 15 is 0 Å². The molecule has 0 radical (unpaired) electrons. The van der Waals surface area contributed by atoms with Crippen LogP contribution in [0.25, 0.3) is 0 Å². The van der Waals surface area contributed by atoms with Gasteiger partial charge in [-0.15, -0.1) is 0 Å². The number of carbonyl (C=O) groups is 1. The summed E-state index contributed by atoms with van der Waals surface area (Å²) in [6.07, 6.45) is -0.727. The summed E-state index contributed by atoms with van der Waals surface area (Å²) in [4.78, 5) is 12.2. The van der Waals surface area contributed by atoms with E-state index in [4.69, 9.17) is 18.9 Å². The fourth-order valence-corrected chi connectivity index (χ4v) is 2.70. The van der Waals surface area contributed by atoms with Crippen LogP contribution in [0, 0.1) is 0 Å². The van der Waals surface area contributed by atoms with Crippen LogP contribution in [-0.2, 0) is 14.3 Å². The van der Waals surface area contributed by atoms with Crippen molar-refractivity contribution in [3.8, 4) is 11.5 Å². The Labute approximate surface area is 153 Å². The van der Waals surface area contributed by atoms with Crippen LogP contribution in [-0.4, -0.2) is 45.5 Å². The van der Waals surface area contributed by atoms with Gasteiger partial charge in [0.15, 0.2) is 17.6 Å². The molecule has 1 aliphatic rings. The largest absolute Gasteiger partial charge is 0.493 e. The van der Waals surface area contributed by atoms with Crippen molar-refractivity contribution in [3.05, 3.63) is 60.2 Å². The van der Waals surface area contributed by atoms with Gasteiger partial charge in [0.1, 0.15) is 12.7 Å². The van der Waals surface area contributed by atoms with E-state index in [2.05, 4.69) is 5.32 Å². The second-order valence-electron chi connectivity index (χ2n) is 5.84. The number of benzene rings is 2. The van der Waals surface area contributed by atoms with Crippen LogP contribution in [0.2, 0.25) is 0 Å². The molecule has 2 aromatic rings. The number of nitrogens with one attached hydrogen (secondary N) is 1. The first-order chi connectivity index (χ1) is 12.8. The number of hydrogen-bond acceptors (Lipinski definition) is 5. The molecule has 26 heavy (non-hydrogen) atoms. The van der Waals surface area contributed by atoms with Gasteiger partial charge in [-0.3, -0.25) is 4.79 Å². The third-order valence-corrected chi connectivity index (χ3v) is 4.09. The summed E-state index contributed by atoms with van der Waals surface area (Å²) in [6, 6.07) is 17.2. The number of methoxy groups -OCH3 is 1. The van der Waals surface area contributed by atoms with Crippen molar-refractivity contribution >= 4 is 5.91 Å². The SMILES string of the molecule is COc1ccccc1OCCNC(=O)[C@@H]1CO[C@H](c2ccccc2)CO1. The molecule has 1 N–H and O–H groups in total. The van der Waals surface area contributed by atoms with Crippen molar-refractivity contribution in [1.82, 2.24) is 5.32 Å². The molecular formula is C20H23NO5. The summed E-state index contributed by atoms with van der Waals surface area (Å²) < 4.78 is 22.3.